The third-order valence-corrected chi connectivity index (χ3v) is 3.76. The summed E-state index contributed by atoms with van der Waals surface area (Å²) in [5, 5.41) is 12.9. The Labute approximate surface area is 110 Å². The lowest BCUT2D eigenvalue weighted by Gasteiger charge is -2.02. The molecule has 0 spiro atoms. The molecule has 0 aliphatic heterocycles. The predicted molar refractivity (Wildman–Crippen MR) is 64.6 cm³/mol. The van der Waals surface area contributed by atoms with Gasteiger partial charge in [0.15, 0.2) is 0 Å². The molecule has 2 heterocycles. The second kappa shape index (κ2) is 4.34. The summed E-state index contributed by atoms with van der Waals surface area (Å²) in [4.78, 5) is 8.91. The summed E-state index contributed by atoms with van der Waals surface area (Å²) in [7, 11) is 1.81. The van der Waals surface area contributed by atoms with E-state index in [0.717, 1.165) is 20.6 Å². The summed E-state index contributed by atoms with van der Waals surface area (Å²) >= 11 is 4.85. The zero-order valence-corrected chi connectivity index (χ0v) is 11.4. The molecule has 88 valence electrons. The molecule has 0 atom stereocenters. The Hall–Kier alpha value is -1.02. The summed E-state index contributed by atoms with van der Waals surface area (Å²) < 4.78 is 2.43. The molecule has 1 aliphatic rings. The number of aryl methyl sites for hydroxylation is 1. The zero-order chi connectivity index (χ0) is 11.8. The summed E-state index contributed by atoms with van der Waals surface area (Å²) in [5.74, 6) is 1.45. The predicted octanol–water partition coefficient (Wildman–Crippen LogP) is 1.79. The normalized spacial score (nSPS) is 15.2. The number of nitrogens with zero attached hydrogens (tertiary/aromatic N) is 6. The molecule has 0 saturated heterocycles. The number of halogens is 1. The lowest BCUT2D eigenvalue weighted by atomic mass is 10.4. The van der Waals surface area contributed by atoms with Crippen LogP contribution in [0.15, 0.2) is 20.9 Å². The van der Waals surface area contributed by atoms with E-state index in [2.05, 4.69) is 41.4 Å². The number of tetrazole rings is 1. The Balaban J connectivity index is 1.89. The molecule has 8 heteroatoms. The molecule has 3 rings (SSSR count). The van der Waals surface area contributed by atoms with E-state index in [1.807, 2.05) is 6.07 Å². The van der Waals surface area contributed by atoms with E-state index in [-0.39, 0.29) is 0 Å². The van der Waals surface area contributed by atoms with Crippen LogP contribution in [-0.2, 0) is 7.05 Å². The van der Waals surface area contributed by atoms with Gasteiger partial charge in [-0.15, -0.1) is 5.10 Å². The smallest absolute Gasteiger partial charge is 0.215 e. The first-order chi connectivity index (χ1) is 8.22. The topological polar surface area (TPSA) is 69.4 Å². The molecule has 1 saturated carbocycles. The Morgan fingerprint density at radius 3 is 2.88 bits per heavy atom. The van der Waals surface area contributed by atoms with Crippen molar-refractivity contribution in [1.82, 2.24) is 30.2 Å². The number of hydrogen-bond donors (Lipinski definition) is 0. The Morgan fingerprint density at radius 2 is 2.24 bits per heavy atom. The van der Waals surface area contributed by atoms with E-state index in [9.17, 15) is 0 Å². The van der Waals surface area contributed by atoms with E-state index in [1.54, 1.807) is 11.7 Å². The first kappa shape index (κ1) is 11.1. The fraction of sp³-hybridized carbons (Fsp3) is 0.444. The highest BCUT2D eigenvalue weighted by Gasteiger charge is 2.27. The molecular weight excluding hydrogens is 304 g/mol. The Morgan fingerprint density at radius 1 is 1.41 bits per heavy atom. The van der Waals surface area contributed by atoms with Crippen molar-refractivity contribution in [3.63, 3.8) is 0 Å². The molecule has 1 aliphatic carbocycles. The maximum absolute atomic E-state index is 4.52. The number of aromatic nitrogens is 6. The van der Waals surface area contributed by atoms with Crippen LogP contribution in [-0.4, -0.2) is 30.2 Å². The van der Waals surface area contributed by atoms with Crippen LogP contribution >= 0.6 is 27.7 Å². The minimum atomic E-state index is 0.532. The molecule has 0 aromatic carbocycles. The van der Waals surface area contributed by atoms with Gasteiger partial charge in [-0.05, 0) is 51.0 Å². The van der Waals surface area contributed by atoms with Crippen molar-refractivity contribution in [2.45, 2.75) is 28.9 Å². The van der Waals surface area contributed by atoms with Crippen molar-refractivity contribution >= 4 is 27.7 Å². The van der Waals surface area contributed by atoms with Crippen molar-refractivity contribution in [1.29, 1.82) is 0 Å². The van der Waals surface area contributed by atoms with Gasteiger partial charge in [0.2, 0.25) is 5.16 Å². The minimum absolute atomic E-state index is 0.532. The van der Waals surface area contributed by atoms with Crippen LogP contribution in [0.3, 0.4) is 0 Å². The molecule has 17 heavy (non-hydrogen) atoms. The summed E-state index contributed by atoms with van der Waals surface area (Å²) in [6.07, 6.45) is 2.37. The van der Waals surface area contributed by atoms with Crippen LogP contribution in [0.25, 0.3) is 0 Å². The monoisotopic (exact) mass is 312 g/mol. The molecule has 0 N–H and O–H groups in total. The van der Waals surface area contributed by atoms with Gasteiger partial charge in [0.05, 0.1) is 0 Å². The molecule has 0 unspecified atom stereocenters. The summed E-state index contributed by atoms with van der Waals surface area (Å²) in [6, 6.07) is 1.88. The van der Waals surface area contributed by atoms with Gasteiger partial charge >= 0.3 is 0 Å². The van der Waals surface area contributed by atoms with E-state index >= 15 is 0 Å². The maximum Gasteiger partial charge on any atom is 0.215 e. The average molecular weight is 313 g/mol. The van der Waals surface area contributed by atoms with Crippen molar-refractivity contribution in [2.75, 3.05) is 0 Å². The van der Waals surface area contributed by atoms with Gasteiger partial charge in [0.1, 0.15) is 15.5 Å². The first-order valence-corrected chi connectivity index (χ1v) is 6.78. The van der Waals surface area contributed by atoms with Crippen LogP contribution < -0.4 is 0 Å². The van der Waals surface area contributed by atoms with Crippen LogP contribution in [0.2, 0.25) is 0 Å². The van der Waals surface area contributed by atoms with Gasteiger partial charge in [-0.25, -0.2) is 14.6 Å². The standard InChI is InChI=1S/C9H9BrN6S/c1-16-9(13-14-15-16)17-7-4-6(10)11-8(12-7)5-2-3-5/h4-5H,2-3H2,1H3. The molecule has 0 amide bonds. The highest BCUT2D eigenvalue weighted by molar-refractivity contribution is 9.10. The van der Waals surface area contributed by atoms with Crippen molar-refractivity contribution in [2.24, 2.45) is 7.05 Å². The van der Waals surface area contributed by atoms with Gasteiger partial charge in [0.25, 0.3) is 0 Å². The van der Waals surface area contributed by atoms with E-state index in [0.29, 0.717) is 5.92 Å². The van der Waals surface area contributed by atoms with Gasteiger partial charge in [0, 0.05) is 19.0 Å². The first-order valence-electron chi connectivity index (χ1n) is 5.17. The molecule has 6 nitrogen and oxygen atoms in total. The quantitative estimate of drug-likeness (QED) is 0.805. The van der Waals surface area contributed by atoms with Crippen LogP contribution in [0.4, 0.5) is 0 Å². The molecule has 0 bridgehead atoms. The third kappa shape index (κ3) is 2.47. The Bertz CT molecular complexity index is 552. The van der Waals surface area contributed by atoms with Gasteiger partial charge in [-0.2, -0.15) is 0 Å². The van der Waals surface area contributed by atoms with Crippen molar-refractivity contribution in [3.05, 3.63) is 16.5 Å². The van der Waals surface area contributed by atoms with E-state index < -0.39 is 0 Å². The fourth-order valence-electron chi connectivity index (χ4n) is 1.39. The van der Waals surface area contributed by atoms with E-state index in [4.69, 9.17) is 0 Å². The van der Waals surface area contributed by atoms with Gasteiger partial charge in [-0.1, -0.05) is 0 Å². The second-order valence-corrected chi connectivity index (χ2v) is 5.65. The largest absolute Gasteiger partial charge is 0.226 e. The lowest BCUT2D eigenvalue weighted by Crippen LogP contribution is -1.97. The Kier molecular flexibility index (Phi) is 2.83. The van der Waals surface area contributed by atoms with Crippen molar-refractivity contribution < 1.29 is 0 Å². The fourth-order valence-corrected chi connectivity index (χ4v) is 2.68. The van der Waals surface area contributed by atoms with Crippen LogP contribution in [0.1, 0.15) is 24.6 Å². The van der Waals surface area contributed by atoms with Gasteiger partial charge < -0.3 is 0 Å². The van der Waals surface area contributed by atoms with Crippen molar-refractivity contribution in [3.8, 4) is 0 Å². The molecule has 2 aromatic rings. The highest BCUT2D eigenvalue weighted by atomic mass is 79.9. The van der Waals surface area contributed by atoms with Crippen LogP contribution in [0, 0.1) is 0 Å². The second-order valence-electron chi connectivity index (χ2n) is 3.85. The summed E-state index contributed by atoms with van der Waals surface area (Å²) in [6.45, 7) is 0. The molecule has 1 fully saturated rings. The SMILES string of the molecule is Cn1nnnc1Sc1cc(Br)nc(C2CC2)n1. The summed E-state index contributed by atoms with van der Waals surface area (Å²) in [5.41, 5.74) is 0. The number of rotatable bonds is 3. The maximum atomic E-state index is 4.52. The van der Waals surface area contributed by atoms with Gasteiger partial charge in [-0.3, -0.25) is 0 Å². The van der Waals surface area contributed by atoms with E-state index in [1.165, 1.54) is 24.6 Å². The molecule has 2 aromatic heterocycles. The molecular formula is C9H9BrN6S. The minimum Gasteiger partial charge on any atom is -0.226 e. The lowest BCUT2D eigenvalue weighted by molar-refractivity contribution is 0.664. The number of hydrogen-bond acceptors (Lipinski definition) is 6. The highest BCUT2D eigenvalue weighted by Crippen LogP contribution is 2.39. The zero-order valence-electron chi connectivity index (χ0n) is 9.04. The average Bonchev–Trinajstić information content (AvgIpc) is 3.05. The molecule has 0 radical (unpaired) electrons. The van der Waals surface area contributed by atoms with Crippen LogP contribution in [0.5, 0.6) is 0 Å². The third-order valence-electron chi connectivity index (χ3n) is 2.41.